The van der Waals surface area contributed by atoms with Gasteiger partial charge in [-0.15, -0.1) is 0 Å². The van der Waals surface area contributed by atoms with Crippen molar-refractivity contribution in [3.8, 4) is 0 Å². The molecular formula is C12H20N3OPS. The lowest BCUT2D eigenvalue weighted by atomic mass is 10.3. The SMILES string of the molecule is CCC(C)SP(N)(=O)N=C(C)Nc1ccccc1. The number of anilines is 1. The molecule has 0 aromatic heterocycles. The summed E-state index contributed by atoms with van der Waals surface area (Å²) in [6.45, 7) is 2.79. The fraction of sp³-hybridized carbons (Fsp3) is 0.417. The molecule has 0 radical (unpaired) electrons. The molecule has 100 valence electrons. The Hall–Kier alpha value is -0.770. The van der Waals surface area contributed by atoms with E-state index in [1.807, 2.05) is 44.2 Å². The minimum Gasteiger partial charge on any atom is -0.344 e. The van der Waals surface area contributed by atoms with Crippen LogP contribution in [0.5, 0.6) is 0 Å². The second-order valence-electron chi connectivity index (χ2n) is 4.06. The van der Waals surface area contributed by atoms with E-state index in [4.69, 9.17) is 5.50 Å². The molecule has 4 nitrogen and oxygen atoms in total. The zero-order valence-electron chi connectivity index (χ0n) is 11.0. The molecule has 0 fully saturated rings. The highest BCUT2D eigenvalue weighted by molar-refractivity contribution is 8.57. The molecule has 1 aromatic carbocycles. The first kappa shape index (κ1) is 15.3. The first-order valence-electron chi connectivity index (χ1n) is 5.89. The molecule has 6 heteroatoms. The lowest BCUT2D eigenvalue weighted by Gasteiger charge is -2.13. The molecule has 1 aromatic rings. The minimum atomic E-state index is -3.02. The Bertz CT molecular complexity index is 450. The molecule has 0 bridgehead atoms. The van der Waals surface area contributed by atoms with E-state index in [-0.39, 0.29) is 5.25 Å². The smallest absolute Gasteiger partial charge is 0.309 e. The van der Waals surface area contributed by atoms with Crippen molar-refractivity contribution < 1.29 is 4.57 Å². The van der Waals surface area contributed by atoms with Gasteiger partial charge < -0.3 is 5.32 Å². The molecule has 0 aliphatic heterocycles. The van der Waals surface area contributed by atoms with Gasteiger partial charge in [-0.05, 0) is 25.5 Å². The summed E-state index contributed by atoms with van der Waals surface area (Å²) in [5.74, 6) is 0.572. The first-order valence-corrected chi connectivity index (χ1v) is 9.10. The molecule has 18 heavy (non-hydrogen) atoms. The summed E-state index contributed by atoms with van der Waals surface area (Å²) in [6.07, 6.45) is 0.923. The van der Waals surface area contributed by atoms with Crippen LogP contribution in [0.15, 0.2) is 35.1 Å². The van der Waals surface area contributed by atoms with Gasteiger partial charge in [-0.25, -0.2) is 0 Å². The summed E-state index contributed by atoms with van der Waals surface area (Å²) in [7, 11) is 0. The van der Waals surface area contributed by atoms with Gasteiger partial charge in [0.05, 0.1) is 0 Å². The van der Waals surface area contributed by atoms with E-state index in [1.165, 1.54) is 11.4 Å². The summed E-state index contributed by atoms with van der Waals surface area (Å²) in [6, 6.07) is 9.62. The number of hydrogen-bond acceptors (Lipinski definition) is 2. The highest BCUT2D eigenvalue weighted by Crippen LogP contribution is 2.55. The molecule has 3 N–H and O–H groups in total. The average molecular weight is 285 g/mol. The molecule has 0 aliphatic carbocycles. The molecule has 0 saturated carbocycles. The quantitative estimate of drug-likeness (QED) is 0.485. The highest BCUT2D eigenvalue weighted by atomic mass is 32.7. The molecule has 1 rings (SSSR count). The van der Waals surface area contributed by atoms with E-state index in [2.05, 4.69) is 10.1 Å². The maximum atomic E-state index is 12.1. The van der Waals surface area contributed by atoms with Gasteiger partial charge in [0.15, 0.2) is 0 Å². The molecule has 0 amide bonds. The van der Waals surface area contributed by atoms with Gasteiger partial charge in [0.25, 0.3) is 0 Å². The summed E-state index contributed by atoms with van der Waals surface area (Å²) in [5, 5.41) is 3.32. The van der Waals surface area contributed by atoms with Crippen LogP contribution in [0.1, 0.15) is 27.2 Å². The van der Waals surface area contributed by atoms with Crippen molar-refractivity contribution in [2.24, 2.45) is 10.3 Å². The van der Waals surface area contributed by atoms with Crippen LogP contribution in [0, 0.1) is 0 Å². The number of nitrogens with two attached hydrogens (primary N) is 1. The molecule has 0 aliphatic rings. The van der Waals surface area contributed by atoms with Gasteiger partial charge in [0, 0.05) is 10.9 Å². The van der Waals surface area contributed by atoms with E-state index < -0.39 is 6.65 Å². The summed E-state index contributed by atoms with van der Waals surface area (Å²) in [5.41, 5.74) is 6.65. The largest absolute Gasteiger partial charge is 0.344 e. The van der Waals surface area contributed by atoms with E-state index in [9.17, 15) is 4.57 Å². The van der Waals surface area contributed by atoms with Crippen LogP contribution < -0.4 is 10.8 Å². The zero-order valence-corrected chi connectivity index (χ0v) is 12.7. The third-order valence-electron chi connectivity index (χ3n) is 2.29. The topological polar surface area (TPSA) is 67.5 Å². The maximum absolute atomic E-state index is 12.1. The van der Waals surface area contributed by atoms with Crippen LogP contribution in [0.4, 0.5) is 5.69 Å². The molecule has 0 heterocycles. The zero-order chi connectivity index (χ0) is 13.6. The van der Waals surface area contributed by atoms with E-state index in [0.717, 1.165) is 12.1 Å². The molecule has 0 spiro atoms. The van der Waals surface area contributed by atoms with Gasteiger partial charge in [0.1, 0.15) is 5.84 Å². The Kier molecular flexibility index (Phi) is 5.93. The number of hydrogen-bond donors (Lipinski definition) is 2. The Labute approximate surface area is 113 Å². The summed E-state index contributed by atoms with van der Waals surface area (Å²) in [4.78, 5) is 0. The van der Waals surface area contributed by atoms with Crippen molar-refractivity contribution in [1.82, 2.24) is 0 Å². The van der Waals surface area contributed by atoms with Crippen molar-refractivity contribution in [3.05, 3.63) is 30.3 Å². The molecule has 2 atom stereocenters. The Morgan fingerprint density at radius 1 is 1.50 bits per heavy atom. The van der Waals surface area contributed by atoms with Gasteiger partial charge >= 0.3 is 6.65 Å². The number of nitrogens with zero attached hydrogens (tertiary/aromatic N) is 1. The monoisotopic (exact) mass is 285 g/mol. The van der Waals surface area contributed by atoms with Crippen LogP contribution in [0.2, 0.25) is 0 Å². The van der Waals surface area contributed by atoms with Crippen molar-refractivity contribution >= 4 is 29.5 Å². The van der Waals surface area contributed by atoms with Gasteiger partial charge in [-0.2, -0.15) is 4.76 Å². The van der Waals surface area contributed by atoms with Gasteiger partial charge in [0.2, 0.25) is 0 Å². The fourth-order valence-electron chi connectivity index (χ4n) is 1.32. The molecule has 0 saturated heterocycles. The van der Waals surface area contributed by atoms with Crippen LogP contribution in [-0.4, -0.2) is 11.1 Å². The Balaban J connectivity index is 2.68. The van der Waals surface area contributed by atoms with Gasteiger partial charge in [-0.3, -0.25) is 10.1 Å². The fourth-order valence-corrected chi connectivity index (χ4v) is 5.00. The average Bonchev–Trinajstić information content (AvgIpc) is 2.28. The summed E-state index contributed by atoms with van der Waals surface area (Å²) >= 11 is 1.25. The second kappa shape index (κ2) is 6.98. The normalized spacial score (nSPS) is 17.0. The van der Waals surface area contributed by atoms with Crippen LogP contribution >= 0.6 is 18.0 Å². The van der Waals surface area contributed by atoms with Crippen molar-refractivity contribution in [3.63, 3.8) is 0 Å². The minimum absolute atomic E-state index is 0.245. The van der Waals surface area contributed by atoms with E-state index in [1.54, 1.807) is 6.92 Å². The molecular weight excluding hydrogens is 265 g/mol. The Morgan fingerprint density at radius 2 is 2.11 bits per heavy atom. The summed E-state index contributed by atoms with van der Waals surface area (Å²) < 4.78 is 16.2. The van der Waals surface area contributed by atoms with Crippen molar-refractivity contribution in [2.45, 2.75) is 32.4 Å². The van der Waals surface area contributed by atoms with E-state index in [0.29, 0.717) is 5.84 Å². The number of rotatable bonds is 5. The van der Waals surface area contributed by atoms with Crippen LogP contribution in [0.25, 0.3) is 0 Å². The van der Waals surface area contributed by atoms with Crippen LogP contribution in [-0.2, 0) is 4.57 Å². The lowest BCUT2D eigenvalue weighted by molar-refractivity contribution is 0.586. The first-order chi connectivity index (χ1) is 8.43. The van der Waals surface area contributed by atoms with Crippen molar-refractivity contribution in [1.29, 1.82) is 0 Å². The van der Waals surface area contributed by atoms with Crippen molar-refractivity contribution in [2.75, 3.05) is 5.32 Å². The molecule has 2 unspecified atom stereocenters. The standard InChI is InChI=1S/C12H20N3OPS/c1-4-10(2)18-17(13,16)15-11(3)14-12-8-6-5-7-9-12/h5-10H,4H2,1-3H3,(H3,13,14,15,16). The number of benzene rings is 1. The highest BCUT2D eigenvalue weighted by Gasteiger charge is 2.19. The number of amidine groups is 1. The second-order valence-corrected chi connectivity index (χ2v) is 8.61. The Morgan fingerprint density at radius 3 is 2.67 bits per heavy atom. The third kappa shape index (κ3) is 5.71. The lowest BCUT2D eigenvalue weighted by Crippen LogP contribution is -2.08. The number of para-hydroxylation sites is 1. The number of nitrogens with one attached hydrogen (secondary N) is 1. The van der Waals surface area contributed by atoms with E-state index >= 15 is 0 Å². The predicted molar refractivity (Wildman–Crippen MR) is 82.3 cm³/mol. The predicted octanol–water partition coefficient (Wildman–Crippen LogP) is 4.12. The third-order valence-corrected chi connectivity index (χ3v) is 6.10. The maximum Gasteiger partial charge on any atom is 0.309 e. The van der Waals surface area contributed by atoms with Crippen LogP contribution in [0.3, 0.4) is 0 Å². The van der Waals surface area contributed by atoms with Gasteiger partial charge in [-0.1, -0.05) is 43.4 Å².